The number of likely N-dealkylation sites (N-methyl/N-ethyl adjacent to an activating group) is 1. The lowest BCUT2D eigenvalue weighted by Gasteiger charge is -2.30. The van der Waals surface area contributed by atoms with Crippen LogP contribution in [-0.2, 0) is 22.3 Å². The highest BCUT2D eigenvalue weighted by molar-refractivity contribution is 7.11. The molecule has 2 rings (SSSR count). The van der Waals surface area contributed by atoms with Crippen molar-refractivity contribution in [1.29, 1.82) is 0 Å². The van der Waals surface area contributed by atoms with E-state index in [-0.39, 0.29) is 6.10 Å². The molecule has 1 saturated heterocycles. The van der Waals surface area contributed by atoms with Crippen molar-refractivity contribution < 1.29 is 9.47 Å². The van der Waals surface area contributed by atoms with Crippen molar-refractivity contribution in [3.63, 3.8) is 0 Å². The Hall–Kier alpha value is -0.420. The number of ether oxygens (including phenoxy) is 2. The van der Waals surface area contributed by atoms with Crippen LogP contribution >= 0.6 is 11.3 Å². The molecule has 2 heterocycles. The molecule has 0 bridgehead atoms. The van der Waals surface area contributed by atoms with Gasteiger partial charge in [0.2, 0.25) is 0 Å². The highest BCUT2D eigenvalue weighted by Gasteiger charge is 2.25. The number of hydrogen-bond donors (Lipinski definition) is 1. The van der Waals surface area contributed by atoms with Gasteiger partial charge in [-0.2, -0.15) is 0 Å². The monoisotopic (exact) mass is 269 g/mol. The largest absolute Gasteiger partial charge is 0.376 e. The Kier molecular flexibility index (Phi) is 5.63. The van der Waals surface area contributed by atoms with E-state index in [9.17, 15) is 0 Å². The first-order chi connectivity index (χ1) is 8.83. The predicted octanol–water partition coefficient (Wildman–Crippen LogP) is 2.25. The summed E-state index contributed by atoms with van der Waals surface area (Å²) in [6.07, 6.45) is 2.34. The van der Waals surface area contributed by atoms with E-state index in [0.29, 0.717) is 12.6 Å². The van der Waals surface area contributed by atoms with E-state index in [1.54, 1.807) is 0 Å². The second-order valence-corrected chi connectivity index (χ2v) is 5.83. The first-order valence-electron chi connectivity index (χ1n) is 6.83. The zero-order chi connectivity index (χ0) is 12.8. The fourth-order valence-electron chi connectivity index (χ4n) is 2.27. The van der Waals surface area contributed by atoms with E-state index in [4.69, 9.17) is 9.47 Å². The molecule has 1 fully saturated rings. The summed E-state index contributed by atoms with van der Waals surface area (Å²) in [6.45, 7) is 7.48. The Bertz CT molecular complexity index is 347. The molecule has 1 aromatic heterocycles. The molecule has 0 aliphatic carbocycles. The van der Waals surface area contributed by atoms with Gasteiger partial charge in [0, 0.05) is 15.8 Å². The SMILES string of the molecule is CCNC(Cc1ccc(CC)s1)C1COCCO1. The normalized spacial score (nSPS) is 22.0. The zero-order valence-corrected chi connectivity index (χ0v) is 12.1. The minimum absolute atomic E-state index is 0.186. The summed E-state index contributed by atoms with van der Waals surface area (Å²) in [5.74, 6) is 0. The summed E-state index contributed by atoms with van der Waals surface area (Å²) in [5, 5.41) is 3.53. The van der Waals surface area contributed by atoms with Gasteiger partial charge in [0.15, 0.2) is 0 Å². The fraction of sp³-hybridized carbons (Fsp3) is 0.714. The number of aryl methyl sites for hydroxylation is 1. The van der Waals surface area contributed by atoms with Crippen LogP contribution in [0.2, 0.25) is 0 Å². The van der Waals surface area contributed by atoms with E-state index in [0.717, 1.165) is 32.6 Å². The van der Waals surface area contributed by atoms with Gasteiger partial charge in [-0.25, -0.2) is 0 Å². The lowest BCUT2D eigenvalue weighted by molar-refractivity contribution is -0.101. The molecule has 3 nitrogen and oxygen atoms in total. The first-order valence-corrected chi connectivity index (χ1v) is 7.65. The molecule has 2 unspecified atom stereocenters. The van der Waals surface area contributed by atoms with Crippen LogP contribution in [0, 0.1) is 0 Å². The third kappa shape index (κ3) is 3.79. The highest BCUT2D eigenvalue weighted by Crippen LogP contribution is 2.20. The summed E-state index contributed by atoms with van der Waals surface area (Å²) < 4.78 is 11.3. The molecule has 18 heavy (non-hydrogen) atoms. The average molecular weight is 269 g/mol. The lowest BCUT2D eigenvalue weighted by atomic mass is 10.1. The standard InChI is InChI=1S/C14H23NO2S/c1-3-11-5-6-12(18-11)9-13(15-4-2)14-10-16-7-8-17-14/h5-6,13-15H,3-4,7-10H2,1-2H3. The van der Waals surface area contributed by atoms with E-state index < -0.39 is 0 Å². The molecule has 4 heteroatoms. The van der Waals surface area contributed by atoms with Gasteiger partial charge in [-0.1, -0.05) is 13.8 Å². The summed E-state index contributed by atoms with van der Waals surface area (Å²) in [4.78, 5) is 2.90. The second-order valence-electron chi connectivity index (χ2n) is 4.57. The van der Waals surface area contributed by atoms with Gasteiger partial charge in [-0.15, -0.1) is 11.3 Å². The molecular formula is C14H23NO2S. The van der Waals surface area contributed by atoms with Crippen LogP contribution in [0.1, 0.15) is 23.6 Å². The van der Waals surface area contributed by atoms with Gasteiger partial charge in [0.05, 0.1) is 25.9 Å². The molecule has 0 amide bonds. The van der Waals surface area contributed by atoms with E-state index in [1.807, 2.05) is 11.3 Å². The van der Waals surface area contributed by atoms with E-state index >= 15 is 0 Å². The van der Waals surface area contributed by atoms with E-state index in [2.05, 4.69) is 31.3 Å². The van der Waals surface area contributed by atoms with Gasteiger partial charge < -0.3 is 14.8 Å². The van der Waals surface area contributed by atoms with Crippen molar-refractivity contribution >= 4 is 11.3 Å². The Morgan fingerprint density at radius 2 is 2.17 bits per heavy atom. The van der Waals surface area contributed by atoms with Crippen LogP contribution in [0.5, 0.6) is 0 Å². The Morgan fingerprint density at radius 1 is 1.33 bits per heavy atom. The van der Waals surface area contributed by atoms with Crippen LogP contribution < -0.4 is 5.32 Å². The van der Waals surface area contributed by atoms with Crippen LogP contribution in [0.15, 0.2) is 12.1 Å². The van der Waals surface area contributed by atoms with Gasteiger partial charge in [0.1, 0.15) is 0 Å². The summed E-state index contributed by atoms with van der Waals surface area (Å²) >= 11 is 1.91. The Balaban J connectivity index is 1.95. The van der Waals surface area contributed by atoms with Crippen molar-refractivity contribution in [2.45, 2.75) is 38.8 Å². The molecule has 1 aliphatic rings. The molecule has 0 spiro atoms. The minimum Gasteiger partial charge on any atom is -0.376 e. The van der Waals surface area contributed by atoms with Gasteiger partial charge in [-0.05, 0) is 31.5 Å². The van der Waals surface area contributed by atoms with Crippen LogP contribution in [-0.4, -0.2) is 38.5 Å². The van der Waals surface area contributed by atoms with Crippen molar-refractivity contribution in [2.75, 3.05) is 26.4 Å². The molecule has 0 saturated carbocycles. The maximum atomic E-state index is 5.82. The van der Waals surface area contributed by atoms with Crippen molar-refractivity contribution in [3.8, 4) is 0 Å². The predicted molar refractivity (Wildman–Crippen MR) is 75.4 cm³/mol. The number of nitrogens with one attached hydrogen (secondary N) is 1. The van der Waals surface area contributed by atoms with Crippen molar-refractivity contribution in [1.82, 2.24) is 5.32 Å². The van der Waals surface area contributed by atoms with Gasteiger partial charge in [0.25, 0.3) is 0 Å². The third-order valence-corrected chi connectivity index (χ3v) is 4.50. The number of hydrogen-bond acceptors (Lipinski definition) is 4. The smallest absolute Gasteiger partial charge is 0.0965 e. The number of thiophene rings is 1. The fourth-order valence-corrected chi connectivity index (χ4v) is 3.29. The maximum absolute atomic E-state index is 5.82. The topological polar surface area (TPSA) is 30.5 Å². The molecule has 0 aromatic carbocycles. The molecule has 102 valence electrons. The molecule has 0 radical (unpaired) electrons. The summed E-state index contributed by atoms with van der Waals surface area (Å²) in [5.41, 5.74) is 0. The Morgan fingerprint density at radius 3 is 2.78 bits per heavy atom. The van der Waals surface area contributed by atoms with Crippen molar-refractivity contribution in [3.05, 3.63) is 21.9 Å². The second kappa shape index (κ2) is 7.24. The van der Waals surface area contributed by atoms with E-state index in [1.165, 1.54) is 9.75 Å². The van der Waals surface area contributed by atoms with Gasteiger partial charge in [-0.3, -0.25) is 0 Å². The molecular weight excluding hydrogens is 246 g/mol. The maximum Gasteiger partial charge on any atom is 0.0965 e. The lowest BCUT2D eigenvalue weighted by Crippen LogP contribution is -2.47. The Labute approximate surface area is 113 Å². The first kappa shape index (κ1) is 14.0. The third-order valence-electron chi connectivity index (χ3n) is 3.24. The molecule has 1 aliphatic heterocycles. The van der Waals surface area contributed by atoms with Crippen molar-refractivity contribution in [2.24, 2.45) is 0 Å². The van der Waals surface area contributed by atoms with Crippen LogP contribution in [0.3, 0.4) is 0 Å². The van der Waals surface area contributed by atoms with Gasteiger partial charge >= 0.3 is 0 Å². The highest BCUT2D eigenvalue weighted by atomic mass is 32.1. The molecule has 1 N–H and O–H groups in total. The quantitative estimate of drug-likeness (QED) is 0.859. The number of rotatable bonds is 6. The molecule has 1 aromatic rings. The summed E-state index contributed by atoms with van der Waals surface area (Å²) in [7, 11) is 0. The molecule has 2 atom stereocenters. The summed E-state index contributed by atoms with van der Waals surface area (Å²) in [6, 6.07) is 4.84. The van der Waals surface area contributed by atoms with Crippen LogP contribution in [0.25, 0.3) is 0 Å². The minimum atomic E-state index is 0.186. The average Bonchev–Trinajstić information content (AvgIpc) is 2.87. The van der Waals surface area contributed by atoms with Crippen LogP contribution in [0.4, 0.5) is 0 Å². The zero-order valence-electron chi connectivity index (χ0n) is 11.3.